The van der Waals surface area contributed by atoms with E-state index in [1.807, 2.05) is 30.3 Å². The molecule has 0 unspecified atom stereocenters. The standard InChI is InChI=1S/C21H20FN3O3/c1-13-23-20(28-24-13)17-12-25(11-16(17)14-6-4-3-5-7-14)21(26)15-8-9-19(27-2)18(22)10-15/h3-10,16-17H,11-12H2,1-2H3/t16-,17+/m1/s1. The van der Waals surface area contributed by atoms with E-state index in [-0.39, 0.29) is 29.1 Å². The third-order valence-electron chi connectivity index (χ3n) is 5.09. The number of ether oxygens (including phenoxy) is 1. The van der Waals surface area contributed by atoms with E-state index in [1.165, 1.54) is 19.2 Å². The summed E-state index contributed by atoms with van der Waals surface area (Å²) in [6.45, 7) is 2.68. The number of halogens is 1. The van der Waals surface area contributed by atoms with Gasteiger partial charge in [-0.2, -0.15) is 4.98 Å². The van der Waals surface area contributed by atoms with E-state index in [2.05, 4.69) is 10.1 Å². The largest absolute Gasteiger partial charge is 0.494 e. The number of nitrogens with zero attached hydrogens (tertiary/aromatic N) is 3. The molecule has 7 heteroatoms. The lowest BCUT2D eigenvalue weighted by Crippen LogP contribution is -2.29. The topological polar surface area (TPSA) is 68.5 Å². The zero-order valence-electron chi connectivity index (χ0n) is 15.6. The molecule has 2 heterocycles. The lowest BCUT2D eigenvalue weighted by molar-refractivity contribution is 0.0787. The van der Waals surface area contributed by atoms with Crippen LogP contribution in [-0.2, 0) is 0 Å². The van der Waals surface area contributed by atoms with Crippen LogP contribution in [0.5, 0.6) is 5.75 Å². The molecule has 2 aromatic carbocycles. The van der Waals surface area contributed by atoms with Crippen LogP contribution >= 0.6 is 0 Å². The van der Waals surface area contributed by atoms with E-state index >= 15 is 0 Å². The van der Waals surface area contributed by atoms with Crippen LogP contribution in [0.2, 0.25) is 0 Å². The number of methoxy groups -OCH3 is 1. The highest BCUT2D eigenvalue weighted by Crippen LogP contribution is 2.39. The van der Waals surface area contributed by atoms with E-state index in [9.17, 15) is 9.18 Å². The number of aryl methyl sites for hydroxylation is 1. The maximum absolute atomic E-state index is 14.1. The summed E-state index contributed by atoms with van der Waals surface area (Å²) in [4.78, 5) is 19.1. The van der Waals surface area contributed by atoms with Gasteiger partial charge >= 0.3 is 0 Å². The first-order valence-corrected chi connectivity index (χ1v) is 9.04. The van der Waals surface area contributed by atoms with Gasteiger partial charge in [-0.3, -0.25) is 4.79 Å². The summed E-state index contributed by atoms with van der Waals surface area (Å²) in [6.07, 6.45) is 0. The Labute approximate surface area is 161 Å². The van der Waals surface area contributed by atoms with Crippen LogP contribution in [0.15, 0.2) is 53.1 Å². The molecule has 0 spiro atoms. The number of likely N-dealkylation sites (tertiary alicyclic amines) is 1. The molecule has 0 aliphatic carbocycles. The molecule has 4 rings (SSSR count). The van der Waals surface area contributed by atoms with Crippen molar-refractivity contribution in [1.82, 2.24) is 15.0 Å². The molecule has 0 N–H and O–H groups in total. The van der Waals surface area contributed by atoms with Crippen molar-refractivity contribution in [2.75, 3.05) is 20.2 Å². The third-order valence-corrected chi connectivity index (χ3v) is 5.09. The summed E-state index contributed by atoms with van der Waals surface area (Å²) < 4.78 is 24.4. The summed E-state index contributed by atoms with van der Waals surface area (Å²) in [7, 11) is 1.39. The fourth-order valence-corrected chi connectivity index (χ4v) is 3.70. The van der Waals surface area contributed by atoms with Crippen molar-refractivity contribution in [3.05, 3.63) is 77.2 Å². The van der Waals surface area contributed by atoms with Crippen LogP contribution in [0.3, 0.4) is 0 Å². The molecule has 1 fully saturated rings. The van der Waals surface area contributed by atoms with Crippen LogP contribution in [-0.4, -0.2) is 41.1 Å². The number of hydrogen-bond donors (Lipinski definition) is 0. The molecule has 0 radical (unpaired) electrons. The van der Waals surface area contributed by atoms with Crippen LogP contribution in [0.1, 0.15) is 39.5 Å². The zero-order valence-corrected chi connectivity index (χ0v) is 15.6. The van der Waals surface area contributed by atoms with Crippen LogP contribution in [0.25, 0.3) is 0 Å². The smallest absolute Gasteiger partial charge is 0.254 e. The van der Waals surface area contributed by atoms with Crippen LogP contribution in [0.4, 0.5) is 4.39 Å². The molecule has 28 heavy (non-hydrogen) atoms. The van der Waals surface area contributed by atoms with Crippen molar-refractivity contribution in [2.24, 2.45) is 0 Å². The number of carbonyl (C=O) groups excluding carboxylic acids is 1. The van der Waals surface area contributed by atoms with E-state index in [0.29, 0.717) is 24.8 Å². The number of aromatic nitrogens is 2. The van der Waals surface area contributed by atoms with Crippen molar-refractivity contribution in [1.29, 1.82) is 0 Å². The number of rotatable bonds is 4. The molecular formula is C21H20FN3O3. The molecule has 0 saturated carbocycles. The van der Waals surface area contributed by atoms with E-state index < -0.39 is 5.82 Å². The highest BCUT2D eigenvalue weighted by atomic mass is 19.1. The maximum atomic E-state index is 14.1. The average molecular weight is 381 g/mol. The minimum absolute atomic E-state index is 0.0214. The predicted octanol–water partition coefficient (Wildman–Crippen LogP) is 3.55. The minimum atomic E-state index is -0.559. The monoisotopic (exact) mass is 381 g/mol. The second kappa shape index (κ2) is 7.42. The Hall–Kier alpha value is -3.22. The third kappa shape index (κ3) is 3.35. The average Bonchev–Trinajstić information content (AvgIpc) is 3.34. The number of hydrogen-bond acceptors (Lipinski definition) is 5. The number of amides is 1. The lowest BCUT2D eigenvalue weighted by Gasteiger charge is -2.17. The molecule has 144 valence electrons. The molecule has 1 amide bonds. The number of benzene rings is 2. The molecule has 1 saturated heterocycles. The molecule has 1 aliphatic heterocycles. The predicted molar refractivity (Wildman–Crippen MR) is 99.8 cm³/mol. The Balaban J connectivity index is 1.64. The van der Waals surface area contributed by atoms with Crippen LogP contribution in [0, 0.1) is 12.7 Å². The van der Waals surface area contributed by atoms with Gasteiger partial charge < -0.3 is 14.2 Å². The Morgan fingerprint density at radius 2 is 1.93 bits per heavy atom. The van der Waals surface area contributed by atoms with E-state index in [0.717, 1.165) is 5.56 Å². The van der Waals surface area contributed by atoms with Gasteiger partial charge in [-0.05, 0) is 30.7 Å². The molecule has 3 aromatic rings. The first kappa shape index (κ1) is 18.2. The van der Waals surface area contributed by atoms with Gasteiger partial charge in [0.15, 0.2) is 17.4 Å². The summed E-state index contributed by atoms with van der Waals surface area (Å²) in [6, 6.07) is 14.2. The zero-order chi connectivity index (χ0) is 19.7. The SMILES string of the molecule is COc1ccc(C(=O)N2C[C@H](c3ccccc3)[C@@H](c3nc(C)no3)C2)cc1F. The normalized spacial score (nSPS) is 19.0. The van der Waals surface area contributed by atoms with Gasteiger partial charge in [0.05, 0.1) is 13.0 Å². The lowest BCUT2D eigenvalue weighted by atomic mass is 9.89. The summed E-state index contributed by atoms with van der Waals surface area (Å²) in [5.41, 5.74) is 1.38. The second-order valence-corrected chi connectivity index (χ2v) is 6.86. The summed E-state index contributed by atoms with van der Waals surface area (Å²) in [5, 5.41) is 3.90. The molecule has 1 aromatic heterocycles. The molecule has 2 atom stereocenters. The Kier molecular flexibility index (Phi) is 4.81. The van der Waals surface area contributed by atoms with E-state index in [4.69, 9.17) is 9.26 Å². The van der Waals surface area contributed by atoms with E-state index in [1.54, 1.807) is 17.9 Å². The second-order valence-electron chi connectivity index (χ2n) is 6.86. The first-order chi connectivity index (χ1) is 13.6. The summed E-state index contributed by atoms with van der Waals surface area (Å²) in [5.74, 6) is 0.298. The van der Waals surface area contributed by atoms with Gasteiger partial charge in [-0.25, -0.2) is 4.39 Å². The van der Waals surface area contributed by atoms with Crippen molar-refractivity contribution in [3.63, 3.8) is 0 Å². The van der Waals surface area contributed by atoms with Gasteiger partial charge in [0, 0.05) is 24.6 Å². The highest BCUT2D eigenvalue weighted by molar-refractivity contribution is 5.94. The van der Waals surface area contributed by atoms with Crippen molar-refractivity contribution < 1.29 is 18.4 Å². The van der Waals surface area contributed by atoms with Gasteiger partial charge in [-0.15, -0.1) is 0 Å². The minimum Gasteiger partial charge on any atom is -0.494 e. The molecule has 0 bridgehead atoms. The van der Waals surface area contributed by atoms with Crippen molar-refractivity contribution in [2.45, 2.75) is 18.8 Å². The maximum Gasteiger partial charge on any atom is 0.254 e. The fraction of sp³-hybridized carbons (Fsp3) is 0.286. The Bertz CT molecular complexity index is 990. The molecule has 1 aliphatic rings. The quantitative estimate of drug-likeness (QED) is 0.691. The molecular weight excluding hydrogens is 361 g/mol. The van der Waals surface area contributed by atoms with Gasteiger partial charge in [0.1, 0.15) is 0 Å². The van der Waals surface area contributed by atoms with Gasteiger partial charge in [0.2, 0.25) is 5.89 Å². The van der Waals surface area contributed by atoms with Crippen LogP contribution < -0.4 is 4.74 Å². The fourth-order valence-electron chi connectivity index (χ4n) is 3.70. The van der Waals surface area contributed by atoms with Gasteiger partial charge in [-0.1, -0.05) is 35.5 Å². The Morgan fingerprint density at radius 1 is 1.18 bits per heavy atom. The molecule has 6 nitrogen and oxygen atoms in total. The highest BCUT2D eigenvalue weighted by Gasteiger charge is 2.40. The summed E-state index contributed by atoms with van der Waals surface area (Å²) >= 11 is 0. The van der Waals surface area contributed by atoms with Crippen molar-refractivity contribution >= 4 is 5.91 Å². The van der Waals surface area contributed by atoms with Crippen molar-refractivity contribution in [3.8, 4) is 5.75 Å². The van der Waals surface area contributed by atoms with Gasteiger partial charge in [0.25, 0.3) is 5.91 Å². The number of carbonyl (C=O) groups is 1. The first-order valence-electron chi connectivity index (χ1n) is 9.04. The Morgan fingerprint density at radius 3 is 2.57 bits per heavy atom.